The molecule has 1 aliphatic heterocycles. The van der Waals surface area contributed by atoms with E-state index in [1.165, 1.54) is 0 Å². The number of aliphatic hydroxyl groups is 1. The Hall–Kier alpha value is -1.51. The molecule has 17 heavy (non-hydrogen) atoms. The number of halogens is 2. The fourth-order valence-corrected chi connectivity index (χ4v) is 2.00. The van der Waals surface area contributed by atoms with Gasteiger partial charge < -0.3 is 9.84 Å². The molecule has 1 aromatic rings. The highest BCUT2D eigenvalue weighted by molar-refractivity contribution is 5.25. The van der Waals surface area contributed by atoms with Gasteiger partial charge in [0.15, 0.2) is 0 Å². The molecule has 1 N–H and O–H groups in total. The maximum Gasteiger partial charge on any atom is 0.126 e. The zero-order valence-corrected chi connectivity index (χ0v) is 8.99. The standard InChI is InChI=1S/C12H11F2NO2/c13-9-3-8(4-10(14)5-9)11(16)12(6-15)1-2-17-7-12/h3-5,11,16H,1-2,7H2. The van der Waals surface area contributed by atoms with E-state index >= 15 is 0 Å². The minimum Gasteiger partial charge on any atom is -0.387 e. The quantitative estimate of drug-likeness (QED) is 0.857. The highest BCUT2D eigenvalue weighted by atomic mass is 19.1. The summed E-state index contributed by atoms with van der Waals surface area (Å²) in [4.78, 5) is 0. The van der Waals surface area contributed by atoms with E-state index in [0.29, 0.717) is 13.0 Å². The first kappa shape index (κ1) is 12.0. The first-order chi connectivity index (χ1) is 8.07. The average molecular weight is 239 g/mol. The minimum atomic E-state index is -1.25. The third-order valence-corrected chi connectivity index (χ3v) is 3.00. The molecule has 1 aliphatic rings. The Bertz CT molecular complexity index is 444. The van der Waals surface area contributed by atoms with Gasteiger partial charge in [0.25, 0.3) is 0 Å². The zero-order chi connectivity index (χ0) is 12.5. The Balaban J connectivity index is 2.36. The first-order valence-electron chi connectivity index (χ1n) is 5.20. The van der Waals surface area contributed by atoms with Gasteiger partial charge in [-0.3, -0.25) is 0 Å². The van der Waals surface area contributed by atoms with Crippen molar-refractivity contribution in [1.82, 2.24) is 0 Å². The summed E-state index contributed by atoms with van der Waals surface area (Å²) < 4.78 is 31.2. The summed E-state index contributed by atoms with van der Waals surface area (Å²) in [6, 6.07) is 4.78. The molecule has 5 heteroatoms. The monoisotopic (exact) mass is 239 g/mol. The smallest absolute Gasteiger partial charge is 0.126 e. The van der Waals surface area contributed by atoms with Crippen LogP contribution in [0.5, 0.6) is 0 Å². The Morgan fingerprint density at radius 3 is 2.47 bits per heavy atom. The van der Waals surface area contributed by atoms with E-state index in [-0.39, 0.29) is 12.2 Å². The van der Waals surface area contributed by atoms with Crippen LogP contribution in [0, 0.1) is 28.4 Å². The van der Waals surface area contributed by atoms with E-state index < -0.39 is 23.2 Å². The maximum absolute atomic E-state index is 13.0. The summed E-state index contributed by atoms with van der Waals surface area (Å²) in [5, 5.41) is 19.2. The second kappa shape index (κ2) is 4.40. The lowest BCUT2D eigenvalue weighted by atomic mass is 9.79. The Morgan fingerprint density at radius 1 is 1.35 bits per heavy atom. The second-order valence-corrected chi connectivity index (χ2v) is 4.18. The number of hydrogen-bond acceptors (Lipinski definition) is 3. The molecular formula is C12H11F2NO2. The van der Waals surface area contributed by atoms with Gasteiger partial charge in [0, 0.05) is 12.7 Å². The SMILES string of the molecule is N#CC1(C(O)c2cc(F)cc(F)c2)CCOC1. The normalized spacial score (nSPS) is 25.5. The summed E-state index contributed by atoms with van der Waals surface area (Å²) in [5.41, 5.74) is -1.05. The summed E-state index contributed by atoms with van der Waals surface area (Å²) >= 11 is 0. The van der Waals surface area contributed by atoms with Crippen molar-refractivity contribution in [2.45, 2.75) is 12.5 Å². The van der Waals surface area contributed by atoms with Crippen LogP contribution >= 0.6 is 0 Å². The van der Waals surface area contributed by atoms with E-state index in [2.05, 4.69) is 0 Å². The Labute approximate surface area is 97.2 Å². The molecular weight excluding hydrogens is 228 g/mol. The van der Waals surface area contributed by atoms with Crippen molar-refractivity contribution in [2.24, 2.45) is 5.41 Å². The van der Waals surface area contributed by atoms with Crippen molar-refractivity contribution in [3.05, 3.63) is 35.4 Å². The highest BCUT2D eigenvalue weighted by Crippen LogP contribution is 2.40. The van der Waals surface area contributed by atoms with Gasteiger partial charge in [-0.25, -0.2) is 8.78 Å². The van der Waals surface area contributed by atoms with Gasteiger partial charge in [-0.05, 0) is 24.1 Å². The van der Waals surface area contributed by atoms with Crippen LogP contribution in [0.1, 0.15) is 18.1 Å². The van der Waals surface area contributed by atoms with Gasteiger partial charge in [-0.2, -0.15) is 5.26 Å². The van der Waals surface area contributed by atoms with Crippen LogP contribution < -0.4 is 0 Å². The van der Waals surface area contributed by atoms with E-state index in [4.69, 9.17) is 10.00 Å². The molecule has 2 atom stereocenters. The molecule has 1 heterocycles. The third-order valence-electron chi connectivity index (χ3n) is 3.00. The van der Waals surface area contributed by atoms with Gasteiger partial charge in [0.05, 0.1) is 12.7 Å². The van der Waals surface area contributed by atoms with Gasteiger partial charge in [0.1, 0.15) is 23.2 Å². The second-order valence-electron chi connectivity index (χ2n) is 4.18. The van der Waals surface area contributed by atoms with E-state index in [1.807, 2.05) is 6.07 Å². The molecule has 0 bridgehead atoms. The molecule has 3 nitrogen and oxygen atoms in total. The summed E-state index contributed by atoms with van der Waals surface area (Å²) in [7, 11) is 0. The molecule has 0 aromatic heterocycles. The van der Waals surface area contributed by atoms with Crippen molar-refractivity contribution in [3.63, 3.8) is 0 Å². The summed E-state index contributed by atoms with van der Waals surface area (Å²) in [6.07, 6.45) is -0.900. The predicted molar refractivity (Wildman–Crippen MR) is 54.8 cm³/mol. The molecule has 2 unspecified atom stereocenters. The molecule has 0 radical (unpaired) electrons. The van der Waals surface area contributed by atoms with Crippen molar-refractivity contribution in [1.29, 1.82) is 5.26 Å². The van der Waals surface area contributed by atoms with Gasteiger partial charge in [0.2, 0.25) is 0 Å². The molecule has 0 aliphatic carbocycles. The summed E-state index contributed by atoms with van der Waals surface area (Å²) in [6.45, 7) is 0.436. The molecule has 1 saturated heterocycles. The maximum atomic E-state index is 13.0. The lowest BCUT2D eigenvalue weighted by Gasteiger charge is -2.25. The number of benzene rings is 1. The molecule has 90 valence electrons. The van der Waals surface area contributed by atoms with Crippen molar-refractivity contribution >= 4 is 0 Å². The zero-order valence-electron chi connectivity index (χ0n) is 8.99. The van der Waals surface area contributed by atoms with Gasteiger partial charge in [-0.1, -0.05) is 0 Å². The van der Waals surface area contributed by atoms with Crippen LogP contribution in [0.2, 0.25) is 0 Å². The molecule has 2 rings (SSSR count). The predicted octanol–water partition coefficient (Wildman–Crippen LogP) is 1.93. The van der Waals surface area contributed by atoms with Gasteiger partial charge in [-0.15, -0.1) is 0 Å². The Morgan fingerprint density at radius 2 is 2.00 bits per heavy atom. The van der Waals surface area contributed by atoms with E-state index in [9.17, 15) is 13.9 Å². The van der Waals surface area contributed by atoms with Crippen LogP contribution in [0.4, 0.5) is 8.78 Å². The number of aliphatic hydroxyl groups excluding tert-OH is 1. The van der Waals surface area contributed by atoms with Crippen LogP contribution in [0.25, 0.3) is 0 Å². The van der Waals surface area contributed by atoms with Crippen molar-refractivity contribution < 1.29 is 18.6 Å². The first-order valence-corrected chi connectivity index (χ1v) is 5.20. The van der Waals surface area contributed by atoms with Gasteiger partial charge >= 0.3 is 0 Å². The molecule has 0 spiro atoms. The third kappa shape index (κ3) is 2.14. The lowest BCUT2D eigenvalue weighted by Crippen LogP contribution is -2.28. The van der Waals surface area contributed by atoms with E-state index in [0.717, 1.165) is 18.2 Å². The molecule has 0 saturated carbocycles. The highest BCUT2D eigenvalue weighted by Gasteiger charge is 2.43. The van der Waals surface area contributed by atoms with E-state index in [1.54, 1.807) is 0 Å². The number of hydrogen-bond donors (Lipinski definition) is 1. The van der Waals surface area contributed by atoms with Crippen LogP contribution in [-0.2, 0) is 4.74 Å². The largest absolute Gasteiger partial charge is 0.387 e. The van der Waals surface area contributed by atoms with Crippen molar-refractivity contribution in [2.75, 3.05) is 13.2 Å². The minimum absolute atomic E-state index is 0.0644. The fraction of sp³-hybridized carbons (Fsp3) is 0.417. The number of rotatable bonds is 2. The number of nitrogens with zero attached hydrogens (tertiary/aromatic N) is 1. The molecule has 1 aromatic carbocycles. The average Bonchev–Trinajstić information content (AvgIpc) is 2.76. The lowest BCUT2D eigenvalue weighted by molar-refractivity contribution is 0.0499. The van der Waals surface area contributed by atoms with Crippen molar-refractivity contribution in [3.8, 4) is 6.07 Å². The van der Waals surface area contributed by atoms with Crippen LogP contribution in [0.3, 0.4) is 0 Å². The van der Waals surface area contributed by atoms with Crippen LogP contribution in [-0.4, -0.2) is 18.3 Å². The van der Waals surface area contributed by atoms with Crippen LogP contribution in [0.15, 0.2) is 18.2 Å². The molecule has 0 amide bonds. The number of nitriles is 1. The topological polar surface area (TPSA) is 53.2 Å². The molecule has 1 fully saturated rings. The number of ether oxygens (including phenoxy) is 1. The fourth-order valence-electron chi connectivity index (χ4n) is 2.00. The Kier molecular flexibility index (Phi) is 3.09. The summed E-state index contributed by atoms with van der Waals surface area (Å²) in [5.74, 6) is -1.54.